The van der Waals surface area contributed by atoms with E-state index in [1.807, 2.05) is 25.1 Å². The molecule has 2 heterocycles. The number of unbranched alkanes of at least 4 members (excludes halogenated alkanes) is 1. The molecule has 35 heavy (non-hydrogen) atoms. The van der Waals surface area contributed by atoms with Crippen molar-refractivity contribution in [1.29, 1.82) is 0 Å². The predicted octanol–water partition coefficient (Wildman–Crippen LogP) is 6.27. The highest BCUT2D eigenvalue weighted by Crippen LogP contribution is 2.36. The van der Waals surface area contributed by atoms with Gasteiger partial charge in [0, 0.05) is 35.9 Å². The van der Waals surface area contributed by atoms with Crippen molar-refractivity contribution in [3.8, 4) is 5.75 Å². The SMILES string of the molecule is COc1ccc(C)cc1NC(=O)OC1CC2CCCC(C1)N2CCCCNCc1cccc(Br)c1. The summed E-state index contributed by atoms with van der Waals surface area (Å²) in [5.41, 5.74) is 3.02. The number of carbonyl (C=O) groups excluding carboxylic acids is 1. The number of amides is 1. The third-order valence-electron chi connectivity index (χ3n) is 7.19. The van der Waals surface area contributed by atoms with Crippen LogP contribution in [-0.2, 0) is 11.3 Å². The first kappa shape index (κ1) is 26.0. The Morgan fingerprint density at radius 1 is 1.11 bits per heavy atom. The molecule has 2 atom stereocenters. The van der Waals surface area contributed by atoms with Crippen LogP contribution in [0.5, 0.6) is 5.75 Å². The van der Waals surface area contributed by atoms with E-state index < -0.39 is 0 Å². The zero-order chi connectivity index (χ0) is 24.6. The molecule has 2 N–H and O–H groups in total. The summed E-state index contributed by atoms with van der Waals surface area (Å²) in [6, 6.07) is 15.2. The van der Waals surface area contributed by atoms with Crippen LogP contribution in [0.4, 0.5) is 10.5 Å². The molecule has 0 aliphatic carbocycles. The monoisotopic (exact) mass is 543 g/mol. The highest BCUT2D eigenvalue weighted by molar-refractivity contribution is 9.10. The molecule has 1 amide bonds. The summed E-state index contributed by atoms with van der Waals surface area (Å²) < 4.78 is 12.4. The van der Waals surface area contributed by atoms with Crippen molar-refractivity contribution in [3.63, 3.8) is 0 Å². The summed E-state index contributed by atoms with van der Waals surface area (Å²) >= 11 is 3.53. The molecule has 2 aromatic rings. The lowest BCUT2D eigenvalue weighted by molar-refractivity contribution is -0.0307. The van der Waals surface area contributed by atoms with Gasteiger partial charge >= 0.3 is 6.09 Å². The second-order valence-electron chi connectivity index (χ2n) is 9.82. The number of hydrogen-bond donors (Lipinski definition) is 2. The first-order valence-corrected chi connectivity index (χ1v) is 13.6. The van der Waals surface area contributed by atoms with Crippen molar-refractivity contribution in [2.75, 3.05) is 25.5 Å². The molecule has 0 spiro atoms. The summed E-state index contributed by atoms with van der Waals surface area (Å²) in [5.74, 6) is 0.644. The summed E-state index contributed by atoms with van der Waals surface area (Å²) in [7, 11) is 1.61. The first-order chi connectivity index (χ1) is 17.0. The number of rotatable bonds is 10. The van der Waals surface area contributed by atoms with Gasteiger partial charge in [0.25, 0.3) is 0 Å². The van der Waals surface area contributed by atoms with Crippen LogP contribution in [0.2, 0.25) is 0 Å². The van der Waals surface area contributed by atoms with Gasteiger partial charge in [-0.1, -0.05) is 40.5 Å². The zero-order valence-electron chi connectivity index (χ0n) is 20.9. The Balaban J connectivity index is 1.19. The van der Waals surface area contributed by atoms with Gasteiger partial charge in [0.05, 0.1) is 12.8 Å². The lowest BCUT2D eigenvalue weighted by atomic mass is 9.82. The Kier molecular flexibility index (Phi) is 9.46. The number of nitrogens with one attached hydrogen (secondary N) is 2. The van der Waals surface area contributed by atoms with Gasteiger partial charge in [-0.3, -0.25) is 10.2 Å². The second kappa shape index (κ2) is 12.7. The number of ether oxygens (including phenoxy) is 2. The number of hydrogen-bond acceptors (Lipinski definition) is 5. The van der Waals surface area contributed by atoms with E-state index in [1.165, 1.54) is 37.7 Å². The van der Waals surface area contributed by atoms with Crippen LogP contribution in [0, 0.1) is 6.92 Å². The molecule has 2 unspecified atom stereocenters. The third kappa shape index (κ3) is 7.45. The maximum Gasteiger partial charge on any atom is 0.412 e. The van der Waals surface area contributed by atoms with E-state index in [9.17, 15) is 4.79 Å². The van der Waals surface area contributed by atoms with E-state index in [0.717, 1.165) is 42.5 Å². The van der Waals surface area contributed by atoms with Crippen LogP contribution < -0.4 is 15.4 Å². The average Bonchev–Trinajstić information content (AvgIpc) is 2.81. The minimum Gasteiger partial charge on any atom is -0.495 e. The van der Waals surface area contributed by atoms with Crippen LogP contribution in [0.25, 0.3) is 0 Å². The van der Waals surface area contributed by atoms with Gasteiger partial charge in [-0.05, 0) is 81.1 Å². The number of piperidine rings is 2. The average molecular weight is 545 g/mol. The molecule has 7 heteroatoms. The van der Waals surface area contributed by atoms with Crippen LogP contribution >= 0.6 is 15.9 Å². The van der Waals surface area contributed by atoms with Crippen molar-refractivity contribution in [2.24, 2.45) is 0 Å². The third-order valence-corrected chi connectivity index (χ3v) is 7.68. The minimum atomic E-state index is -0.387. The maximum absolute atomic E-state index is 12.6. The van der Waals surface area contributed by atoms with E-state index in [4.69, 9.17) is 9.47 Å². The standard InChI is InChI=1S/C28H38BrN3O3/c1-20-11-12-27(34-2)26(15-20)31-28(33)35-25-17-23-9-6-10-24(18-25)32(23)14-4-3-13-30-19-21-7-5-8-22(29)16-21/h5,7-8,11-12,15-16,23-25,30H,3-4,6,9-10,13-14,17-19H2,1-2H3,(H,31,33). The van der Waals surface area contributed by atoms with Crippen LogP contribution in [0.1, 0.15) is 56.1 Å². The van der Waals surface area contributed by atoms with Crippen molar-refractivity contribution in [3.05, 3.63) is 58.1 Å². The van der Waals surface area contributed by atoms with Crippen molar-refractivity contribution in [1.82, 2.24) is 10.2 Å². The molecule has 0 aromatic heterocycles. The smallest absolute Gasteiger partial charge is 0.412 e. The summed E-state index contributed by atoms with van der Waals surface area (Å²) in [5, 5.41) is 6.45. The van der Waals surface area contributed by atoms with Crippen molar-refractivity contribution in [2.45, 2.75) is 76.6 Å². The number of halogens is 1. The fourth-order valence-electron chi connectivity index (χ4n) is 5.52. The number of methoxy groups -OCH3 is 1. The largest absolute Gasteiger partial charge is 0.495 e. The highest BCUT2D eigenvalue weighted by atomic mass is 79.9. The number of fused-ring (bicyclic) bond motifs is 2. The summed E-state index contributed by atoms with van der Waals surface area (Å²) in [6.45, 7) is 5.06. The molecule has 2 aromatic carbocycles. The van der Waals surface area contributed by atoms with Crippen LogP contribution in [0.3, 0.4) is 0 Å². The Morgan fingerprint density at radius 3 is 2.66 bits per heavy atom. The van der Waals surface area contributed by atoms with E-state index in [2.05, 4.69) is 55.7 Å². The Labute approximate surface area is 217 Å². The zero-order valence-corrected chi connectivity index (χ0v) is 22.5. The second-order valence-corrected chi connectivity index (χ2v) is 10.7. The molecule has 2 bridgehead atoms. The number of aryl methyl sites for hydroxylation is 1. The highest BCUT2D eigenvalue weighted by Gasteiger charge is 2.39. The molecule has 2 aliphatic heterocycles. The van der Waals surface area contributed by atoms with E-state index in [-0.39, 0.29) is 12.2 Å². The van der Waals surface area contributed by atoms with Crippen molar-refractivity contribution >= 4 is 27.7 Å². The summed E-state index contributed by atoms with van der Waals surface area (Å²) in [6.07, 6.45) is 7.48. The molecule has 2 fully saturated rings. The predicted molar refractivity (Wildman–Crippen MR) is 144 cm³/mol. The van der Waals surface area contributed by atoms with E-state index in [1.54, 1.807) is 7.11 Å². The van der Waals surface area contributed by atoms with E-state index >= 15 is 0 Å². The van der Waals surface area contributed by atoms with Crippen LogP contribution in [0.15, 0.2) is 46.9 Å². The van der Waals surface area contributed by atoms with Gasteiger partial charge in [-0.25, -0.2) is 4.79 Å². The van der Waals surface area contributed by atoms with Gasteiger partial charge in [-0.2, -0.15) is 0 Å². The van der Waals surface area contributed by atoms with Gasteiger partial charge in [0.2, 0.25) is 0 Å². The Bertz CT molecular complexity index is 972. The number of nitrogens with zero attached hydrogens (tertiary/aromatic N) is 1. The molecular weight excluding hydrogens is 506 g/mol. The molecular formula is C28H38BrN3O3. The number of carbonyl (C=O) groups is 1. The Hall–Kier alpha value is -2.09. The molecule has 2 aliphatic rings. The van der Waals surface area contributed by atoms with Crippen LogP contribution in [-0.4, -0.2) is 49.4 Å². The molecule has 4 rings (SSSR count). The summed E-state index contributed by atoms with van der Waals surface area (Å²) in [4.78, 5) is 15.3. The fourth-order valence-corrected chi connectivity index (χ4v) is 5.97. The molecule has 190 valence electrons. The van der Waals surface area contributed by atoms with Crippen molar-refractivity contribution < 1.29 is 14.3 Å². The molecule has 0 radical (unpaired) electrons. The molecule has 6 nitrogen and oxygen atoms in total. The quantitative estimate of drug-likeness (QED) is 0.345. The number of anilines is 1. The van der Waals surface area contributed by atoms with Gasteiger partial charge in [0.1, 0.15) is 11.9 Å². The van der Waals surface area contributed by atoms with Gasteiger partial charge in [-0.15, -0.1) is 0 Å². The minimum absolute atomic E-state index is 0.0239. The topological polar surface area (TPSA) is 62.8 Å². The Morgan fingerprint density at radius 2 is 1.91 bits per heavy atom. The molecule has 0 saturated carbocycles. The maximum atomic E-state index is 12.6. The lowest BCUT2D eigenvalue weighted by Gasteiger charge is -2.48. The van der Waals surface area contributed by atoms with Gasteiger partial charge < -0.3 is 14.8 Å². The molecule has 2 saturated heterocycles. The van der Waals surface area contributed by atoms with Gasteiger partial charge in [0.15, 0.2) is 0 Å². The normalized spacial score (nSPS) is 22.0. The first-order valence-electron chi connectivity index (χ1n) is 12.8. The van der Waals surface area contributed by atoms with E-state index in [0.29, 0.717) is 23.5 Å². The number of benzene rings is 2. The lowest BCUT2D eigenvalue weighted by Crippen LogP contribution is -2.54. The fraction of sp³-hybridized carbons (Fsp3) is 0.536.